The van der Waals surface area contributed by atoms with E-state index in [0.29, 0.717) is 35.1 Å². The summed E-state index contributed by atoms with van der Waals surface area (Å²) in [6.07, 6.45) is 1.05. The molecule has 1 N–H and O–H groups in total. The van der Waals surface area contributed by atoms with Crippen molar-refractivity contribution in [1.29, 1.82) is 0 Å². The van der Waals surface area contributed by atoms with Crippen LogP contribution in [-0.4, -0.2) is 41.5 Å². The average molecular weight is 426 g/mol. The number of carbonyl (C=O) groups excluding carboxylic acids is 1. The van der Waals surface area contributed by atoms with E-state index in [2.05, 4.69) is 36.3 Å². The smallest absolute Gasteiger partial charge is 0.266 e. The van der Waals surface area contributed by atoms with Crippen molar-refractivity contribution in [3.63, 3.8) is 0 Å². The fourth-order valence-corrected chi connectivity index (χ4v) is 3.94. The molecule has 0 aliphatic heterocycles. The van der Waals surface area contributed by atoms with Gasteiger partial charge in [0.05, 0.1) is 29.0 Å². The number of carbonyl (C=O) groups is 1. The SMILES string of the molecule is CC[C@H](C)c1ccc(-n2c(SCC(=O)NCCOC)nc3ccccc3c2=O)cc1. The molecular weight excluding hydrogens is 398 g/mol. The Balaban J connectivity index is 1.97. The standard InChI is InChI=1S/C23H27N3O3S/c1-4-16(2)17-9-11-18(12-10-17)26-22(28)19-7-5-6-8-20(19)25-23(26)30-15-21(27)24-13-14-29-3/h5-12,16H,4,13-15H2,1-3H3,(H,24,27)/t16-/m0/s1. The quantitative estimate of drug-likeness (QED) is 0.321. The van der Waals surface area contributed by atoms with E-state index in [1.165, 1.54) is 17.3 Å². The van der Waals surface area contributed by atoms with Crippen molar-refractivity contribution >= 4 is 28.6 Å². The van der Waals surface area contributed by atoms with Crippen LogP contribution in [0.15, 0.2) is 58.5 Å². The number of benzene rings is 2. The van der Waals surface area contributed by atoms with Crippen molar-refractivity contribution < 1.29 is 9.53 Å². The van der Waals surface area contributed by atoms with Crippen LogP contribution in [0.5, 0.6) is 0 Å². The Morgan fingerprint density at radius 2 is 1.93 bits per heavy atom. The molecule has 3 aromatic rings. The van der Waals surface area contributed by atoms with Gasteiger partial charge in [0.1, 0.15) is 0 Å². The van der Waals surface area contributed by atoms with Crippen LogP contribution in [0.3, 0.4) is 0 Å². The first kappa shape index (κ1) is 22.1. The molecule has 0 saturated carbocycles. The summed E-state index contributed by atoms with van der Waals surface area (Å²) in [5.74, 6) is 0.493. The molecule has 1 amide bonds. The lowest BCUT2D eigenvalue weighted by molar-refractivity contribution is -0.118. The summed E-state index contributed by atoms with van der Waals surface area (Å²) in [6.45, 7) is 5.24. The van der Waals surface area contributed by atoms with Gasteiger partial charge in [-0.1, -0.05) is 49.9 Å². The second-order valence-electron chi connectivity index (χ2n) is 7.08. The van der Waals surface area contributed by atoms with Gasteiger partial charge in [-0.05, 0) is 42.2 Å². The van der Waals surface area contributed by atoms with Crippen LogP contribution in [0.1, 0.15) is 31.7 Å². The first-order chi connectivity index (χ1) is 14.5. The zero-order valence-corrected chi connectivity index (χ0v) is 18.4. The van der Waals surface area contributed by atoms with E-state index in [0.717, 1.165) is 12.1 Å². The van der Waals surface area contributed by atoms with E-state index in [1.807, 2.05) is 30.3 Å². The van der Waals surface area contributed by atoms with E-state index in [9.17, 15) is 9.59 Å². The minimum atomic E-state index is -0.140. The van der Waals surface area contributed by atoms with Gasteiger partial charge in [0.25, 0.3) is 5.56 Å². The van der Waals surface area contributed by atoms with E-state index in [4.69, 9.17) is 4.74 Å². The van der Waals surface area contributed by atoms with Crippen molar-refractivity contribution in [3.8, 4) is 5.69 Å². The summed E-state index contributed by atoms with van der Waals surface area (Å²) < 4.78 is 6.54. The van der Waals surface area contributed by atoms with Crippen molar-refractivity contribution in [2.75, 3.05) is 26.0 Å². The molecule has 1 atom stereocenters. The van der Waals surface area contributed by atoms with Gasteiger partial charge in [0.2, 0.25) is 5.91 Å². The van der Waals surface area contributed by atoms with Gasteiger partial charge in [-0.25, -0.2) is 4.98 Å². The second kappa shape index (κ2) is 10.4. The minimum Gasteiger partial charge on any atom is -0.383 e. The molecule has 0 aliphatic carbocycles. The first-order valence-electron chi connectivity index (χ1n) is 10.1. The van der Waals surface area contributed by atoms with E-state index in [-0.39, 0.29) is 17.2 Å². The lowest BCUT2D eigenvalue weighted by atomic mass is 9.98. The Morgan fingerprint density at radius 3 is 2.63 bits per heavy atom. The van der Waals surface area contributed by atoms with Crippen LogP contribution in [0.4, 0.5) is 0 Å². The predicted octanol–water partition coefficient (Wildman–Crippen LogP) is 3.75. The minimum absolute atomic E-state index is 0.127. The van der Waals surface area contributed by atoms with Gasteiger partial charge >= 0.3 is 0 Å². The molecule has 0 bridgehead atoms. The van der Waals surface area contributed by atoms with Gasteiger partial charge in [0.15, 0.2) is 5.16 Å². The highest BCUT2D eigenvalue weighted by atomic mass is 32.2. The summed E-state index contributed by atoms with van der Waals surface area (Å²) in [7, 11) is 1.59. The van der Waals surface area contributed by atoms with Crippen molar-refractivity contribution in [2.45, 2.75) is 31.3 Å². The number of para-hydroxylation sites is 1. The Labute approximate surface area is 180 Å². The summed E-state index contributed by atoms with van der Waals surface area (Å²) >= 11 is 1.25. The number of hydrogen-bond donors (Lipinski definition) is 1. The number of hydrogen-bond acceptors (Lipinski definition) is 5. The molecule has 0 spiro atoms. The maximum absolute atomic E-state index is 13.3. The number of nitrogens with zero attached hydrogens (tertiary/aromatic N) is 2. The maximum atomic E-state index is 13.3. The van der Waals surface area contributed by atoms with Gasteiger partial charge in [-0.2, -0.15) is 0 Å². The molecule has 158 valence electrons. The van der Waals surface area contributed by atoms with Crippen LogP contribution in [-0.2, 0) is 9.53 Å². The molecule has 0 aliphatic rings. The van der Waals surface area contributed by atoms with Crippen molar-refractivity contribution in [1.82, 2.24) is 14.9 Å². The van der Waals surface area contributed by atoms with Crippen LogP contribution >= 0.6 is 11.8 Å². The predicted molar refractivity (Wildman–Crippen MR) is 122 cm³/mol. The fourth-order valence-electron chi connectivity index (χ4n) is 3.10. The van der Waals surface area contributed by atoms with E-state index in [1.54, 1.807) is 17.7 Å². The van der Waals surface area contributed by atoms with E-state index >= 15 is 0 Å². The molecular formula is C23H27N3O3S. The topological polar surface area (TPSA) is 73.2 Å². The van der Waals surface area contributed by atoms with Gasteiger partial charge in [0, 0.05) is 13.7 Å². The number of ether oxygens (including phenoxy) is 1. The third kappa shape index (κ3) is 5.09. The zero-order valence-electron chi connectivity index (χ0n) is 17.6. The molecule has 6 nitrogen and oxygen atoms in total. The van der Waals surface area contributed by atoms with Gasteiger partial charge in [-0.3, -0.25) is 14.2 Å². The molecule has 1 heterocycles. The van der Waals surface area contributed by atoms with Gasteiger partial charge in [-0.15, -0.1) is 0 Å². The molecule has 0 saturated heterocycles. The molecule has 30 heavy (non-hydrogen) atoms. The van der Waals surface area contributed by atoms with Crippen molar-refractivity contribution in [3.05, 3.63) is 64.4 Å². The Morgan fingerprint density at radius 1 is 1.20 bits per heavy atom. The number of amides is 1. The third-order valence-electron chi connectivity index (χ3n) is 5.04. The van der Waals surface area contributed by atoms with Crippen LogP contribution in [0.2, 0.25) is 0 Å². The lowest BCUT2D eigenvalue weighted by Crippen LogP contribution is -2.29. The molecule has 1 aromatic heterocycles. The first-order valence-corrected chi connectivity index (χ1v) is 11.0. The average Bonchev–Trinajstić information content (AvgIpc) is 2.77. The van der Waals surface area contributed by atoms with Crippen LogP contribution in [0, 0.1) is 0 Å². The number of nitrogens with one attached hydrogen (secondary N) is 1. The normalized spacial score (nSPS) is 12.1. The highest BCUT2D eigenvalue weighted by Gasteiger charge is 2.15. The summed E-state index contributed by atoms with van der Waals surface area (Å²) in [5.41, 5.74) is 2.46. The molecule has 0 unspecified atom stereocenters. The second-order valence-corrected chi connectivity index (χ2v) is 8.03. The monoisotopic (exact) mass is 425 g/mol. The molecule has 7 heteroatoms. The highest BCUT2D eigenvalue weighted by Crippen LogP contribution is 2.24. The highest BCUT2D eigenvalue weighted by molar-refractivity contribution is 7.99. The maximum Gasteiger partial charge on any atom is 0.266 e. The Kier molecular flexibility index (Phi) is 7.65. The number of methoxy groups -OCH3 is 1. The number of thioether (sulfide) groups is 1. The van der Waals surface area contributed by atoms with Crippen molar-refractivity contribution in [2.24, 2.45) is 0 Å². The number of rotatable bonds is 9. The Bertz CT molecular complexity index is 1060. The van der Waals surface area contributed by atoms with Crippen LogP contribution in [0.25, 0.3) is 16.6 Å². The molecule has 0 radical (unpaired) electrons. The summed E-state index contributed by atoms with van der Waals surface area (Å²) in [4.78, 5) is 30.1. The molecule has 2 aromatic carbocycles. The van der Waals surface area contributed by atoms with Crippen LogP contribution < -0.4 is 10.9 Å². The molecule has 3 rings (SSSR count). The van der Waals surface area contributed by atoms with E-state index < -0.39 is 0 Å². The largest absolute Gasteiger partial charge is 0.383 e. The van der Waals surface area contributed by atoms with Gasteiger partial charge < -0.3 is 10.1 Å². The summed E-state index contributed by atoms with van der Waals surface area (Å²) in [6, 6.07) is 15.3. The Hall–Kier alpha value is -2.64. The third-order valence-corrected chi connectivity index (χ3v) is 5.98. The fraction of sp³-hybridized carbons (Fsp3) is 0.348. The number of fused-ring (bicyclic) bond motifs is 1. The molecule has 0 fully saturated rings. The number of aromatic nitrogens is 2. The zero-order chi connectivity index (χ0) is 21.5. The lowest BCUT2D eigenvalue weighted by Gasteiger charge is -2.15. The summed E-state index contributed by atoms with van der Waals surface area (Å²) in [5, 5.41) is 3.84.